The fourth-order valence-corrected chi connectivity index (χ4v) is 1.03. The molecule has 1 nitrogen and oxygen atoms in total. The molecule has 1 heteroatoms. The van der Waals surface area contributed by atoms with E-state index in [2.05, 4.69) is 39.6 Å². The molecule has 1 N–H and O–H groups in total. The third kappa shape index (κ3) is 7.80. The molecule has 0 aliphatic rings. The van der Waals surface area contributed by atoms with Crippen molar-refractivity contribution >= 4 is 0 Å². The SMILES string of the molecule is C=CCC(C)NCCC(C)(C)C. The van der Waals surface area contributed by atoms with Crippen LogP contribution in [0.2, 0.25) is 0 Å². The Morgan fingerprint density at radius 2 is 2.00 bits per heavy atom. The predicted molar refractivity (Wildman–Crippen MR) is 56.4 cm³/mol. The largest absolute Gasteiger partial charge is 0.314 e. The van der Waals surface area contributed by atoms with Gasteiger partial charge in [-0.2, -0.15) is 0 Å². The average molecular weight is 169 g/mol. The van der Waals surface area contributed by atoms with E-state index < -0.39 is 0 Å². The zero-order chi connectivity index (χ0) is 9.61. The molecule has 0 aromatic heterocycles. The van der Waals surface area contributed by atoms with Crippen LogP contribution in [-0.4, -0.2) is 12.6 Å². The summed E-state index contributed by atoms with van der Waals surface area (Å²) in [5.41, 5.74) is 0.445. The fraction of sp³-hybridized carbons (Fsp3) is 0.818. The predicted octanol–water partition coefficient (Wildman–Crippen LogP) is 2.98. The highest BCUT2D eigenvalue weighted by molar-refractivity contribution is 4.75. The Hall–Kier alpha value is -0.300. The minimum Gasteiger partial charge on any atom is -0.314 e. The van der Waals surface area contributed by atoms with Crippen molar-refractivity contribution in [2.75, 3.05) is 6.54 Å². The first-order valence-electron chi connectivity index (χ1n) is 4.80. The Morgan fingerprint density at radius 1 is 1.42 bits per heavy atom. The van der Waals surface area contributed by atoms with E-state index in [9.17, 15) is 0 Å². The quantitative estimate of drug-likeness (QED) is 0.624. The van der Waals surface area contributed by atoms with Gasteiger partial charge in [-0.15, -0.1) is 6.58 Å². The van der Waals surface area contributed by atoms with Crippen LogP contribution in [0, 0.1) is 5.41 Å². The maximum Gasteiger partial charge on any atom is 0.00731 e. The summed E-state index contributed by atoms with van der Waals surface area (Å²) in [6, 6.07) is 0.574. The average Bonchev–Trinajstić information content (AvgIpc) is 1.84. The minimum atomic E-state index is 0.445. The second-order valence-electron chi connectivity index (χ2n) is 4.69. The zero-order valence-electron chi connectivity index (χ0n) is 8.98. The van der Waals surface area contributed by atoms with Crippen LogP contribution in [0.5, 0.6) is 0 Å². The van der Waals surface area contributed by atoms with Crippen molar-refractivity contribution < 1.29 is 0 Å². The lowest BCUT2D eigenvalue weighted by Crippen LogP contribution is -2.28. The van der Waals surface area contributed by atoms with E-state index in [-0.39, 0.29) is 0 Å². The summed E-state index contributed by atoms with van der Waals surface area (Å²) in [7, 11) is 0. The monoisotopic (exact) mass is 169 g/mol. The summed E-state index contributed by atoms with van der Waals surface area (Å²) in [4.78, 5) is 0. The number of rotatable bonds is 5. The third-order valence-corrected chi connectivity index (χ3v) is 1.89. The van der Waals surface area contributed by atoms with Gasteiger partial charge in [0.2, 0.25) is 0 Å². The van der Waals surface area contributed by atoms with Crippen LogP contribution in [0.3, 0.4) is 0 Å². The first-order chi connectivity index (χ1) is 5.45. The third-order valence-electron chi connectivity index (χ3n) is 1.89. The second-order valence-corrected chi connectivity index (χ2v) is 4.69. The molecule has 72 valence electrons. The number of nitrogens with one attached hydrogen (secondary N) is 1. The normalized spacial score (nSPS) is 14.3. The van der Waals surface area contributed by atoms with Crippen molar-refractivity contribution in [2.45, 2.75) is 46.6 Å². The van der Waals surface area contributed by atoms with E-state index in [4.69, 9.17) is 0 Å². The van der Waals surface area contributed by atoms with Gasteiger partial charge >= 0.3 is 0 Å². The maximum absolute atomic E-state index is 3.72. The van der Waals surface area contributed by atoms with E-state index in [1.165, 1.54) is 6.42 Å². The number of hydrogen-bond donors (Lipinski definition) is 1. The molecule has 1 atom stereocenters. The van der Waals surface area contributed by atoms with Gasteiger partial charge in [0.05, 0.1) is 0 Å². The van der Waals surface area contributed by atoms with E-state index in [1.807, 2.05) is 6.08 Å². The first-order valence-corrected chi connectivity index (χ1v) is 4.80. The molecular weight excluding hydrogens is 146 g/mol. The van der Waals surface area contributed by atoms with Crippen molar-refractivity contribution in [2.24, 2.45) is 5.41 Å². The standard InChI is InChI=1S/C11H23N/c1-6-7-10(2)12-9-8-11(3,4)5/h6,10,12H,1,7-9H2,2-5H3. The molecule has 0 radical (unpaired) electrons. The van der Waals surface area contributed by atoms with Crippen LogP contribution in [0.1, 0.15) is 40.5 Å². The molecule has 0 heterocycles. The Morgan fingerprint density at radius 3 is 2.42 bits per heavy atom. The second kappa shape index (κ2) is 5.36. The molecule has 0 aromatic carbocycles. The van der Waals surface area contributed by atoms with Gasteiger partial charge in [-0.25, -0.2) is 0 Å². The molecule has 12 heavy (non-hydrogen) atoms. The summed E-state index contributed by atoms with van der Waals surface area (Å²) in [6.45, 7) is 13.8. The zero-order valence-corrected chi connectivity index (χ0v) is 8.98. The van der Waals surface area contributed by atoms with Crippen LogP contribution in [0.4, 0.5) is 0 Å². The molecule has 1 unspecified atom stereocenters. The van der Waals surface area contributed by atoms with Gasteiger partial charge in [0.1, 0.15) is 0 Å². The highest BCUT2D eigenvalue weighted by Gasteiger charge is 2.09. The lowest BCUT2D eigenvalue weighted by molar-refractivity contribution is 0.357. The van der Waals surface area contributed by atoms with Crippen molar-refractivity contribution in [1.29, 1.82) is 0 Å². The van der Waals surface area contributed by atoms with Gasteiger partial charge < -0.3 is 5.32 Å². The Kier molecular flexibility index (Phi) is 5.23. The summed E-state index contributed by atoms with van der Waals surface area (Å²) in [5.74, 6) is 0. The molecule has 0 aliphatic carbocycles. The van der Waals surface area contributed by atoms with Crippen LogP contribution >= 0.6 is 0 Å². The number of hydrogen-bond acceptors (Lipinski definition) is 1. The van der Waals surface area contributed by atoms with Gasteiger partial charge in [0, 0.05) is 6.04 Å². The molecule has 0 saturated heterocycles. The molecule has 0 bridgehead atoms. The molecule has 0 aliphatic heterocycles. The van der Waals surface area contributed by atoms with Gasteiger partial charge in [0.15, 0.2) is 0 Å². The lowest BCUT2D eigenvalue weighted by Gasteiger charge is -2.20. The van der Waals surface area contributed by atoms with Gasteiger partial charge in [-0.05, 0) is 31.7 Å². The van der Waals surface area contributed by atoms with Crippen molar-refractivity contribution in [3.05, 3.63) is 12.7 Å². The maximum atomic E-state index is 3.72. The van der Waals surface area contributed by atoms with E-state index in [0.29, 0.717) is 11.5 Å². The van der Waals surface area contributed by atoms with Gasteiger partial charge in [-0.3, -0.25) is 0 Å². The molecule has 0 aromatic rings. The Balaban J connectivity index is 3.36. The van der Waals surface area contributed by atoms with Crippen LogP contribution < -0.4 is 5.32 Å². The molecule has 0 rings (SSSR count). The van der Waals surface area contributed by atoms with Crippen molar-refractivity contribution in [1.82, 2.24) is 5.32 Å². The smallest absolute Gasteiger partial charge is 0.00731 e. The Bertz CT molecular complexity index is 121. The van der Waals surface area contributed by atoms with E-state index in [0.717, 1.165) is 13.0 Å². The van der Waals surface area contributed by atoms with Gasteiger partial charge in [-0.1, -0.05) is 26.8 Å². The molecule has 0 fully saturated rings. The highest BCUT2D eigenvalue weighted by atomic mass is 14.9. The topological polar surface area (TPSA) is 12.0 Å². The molecule has 0 spiro atoms. The first kappa shape index (κ1) is 11.7. The van der Waals surface area contributed by atoms with Crippen LogP contribution in [0.15, 0.2) is 12.7 Å². The summed E-state index contributed by atoms with van der Waals surface area (Å²) < 4.78 is 0. The van der Waals surface area contributed by atoms with Gasteiger partial charge in [0.25, 0.3) is 0 Å². The molecule has 0 saturated carbocycles. The highest BCUT2D eigenvalue weighted by Crippen LogP contribution is 2.17. The van der Waals surface area contributed by atoms with Crippen LogP contribution in [-0.2, 0) is 0 Å². The van der Waals surface area contributed by atoms with Crippen LogP contribution in [0.25, 0.3) is 0 Å². The molecular formula is C11H23N. The fourth-order valence-electron chi connectivity index (χ4n) is 1.03. The lowest BCUT2D eigenvalue weighted by atomic mass is 9.92. The van der Waals surface area contributed by atoms with E-state index >= 15 is 0 Å². The Labute approximate surface area is 77.2 Å². The van der Waals surface area contributed by atoms with E-state index in [1.54, 1.807) is 0 Å². The summed E-state index contributed by atoms with van der Waals surface area (Å²) >= 11 is 0. The summed E-state index contributed by atoms with van der Waals surface area (Å²) in [5, 5.41) is 3.47. The van der Waals surface area contributed by atoms with Crippen molar-refractivity contribution in [3.63, 3.8) is 0 Å². The van der Waals surface area contributed by atoms with Crippen molar-refractivity contribution in [3.8, 4) is 0 Å². The molecule has 0 amide bonds. The minimum absolute atomic E-state index is 0.445. The summed E-state index contributed by atoms with van der Waals surface area (Å²) in [6.07, 6.45) is 4.26.